The fourth-order valence-electron chi connectivity index (χ4n) is 4.07. The van der Waals surface area contributed by atoms with E-state index in [1.165, 1.54) is 0 Å². The number of nitrogens with zero attached hydrogens (tertiary/aromatic N) is 1. The zero-order valence-corrected chi connectivity index (χ0v) is 22.1. The van der Waals surface area contributed by atoms with E-state index in [1.54, 1.807) is 42.5 Å². The molecule has 11 nitrogen and oxygen atoms in total. The SMILES string of the molecule is NC(=O)C1(NC(=O)[C@H](Cc2ccc(Cl)c(Cl)c2)NC(=O)[C@@H](N)Cc2ccc(N=C(N)N)cc2)CCOCC1. The van der Waals surface area contributed by atoms with Crippen molar-refractivity contribution in [2.75, 3.05) is 13.2 Å². The van der Waals surface area contributed by atoms with Gasteiger partial charge in [-0.1, -0.05) is 41.4 Å². The lowest BCUT2D eigenvalue weighted by molar-refractivity contribution is -0.137. The molecule has 1 aliphatic rings. The zero-order valence-electron chi connectivity index (χ0n) is 20.6. The van der Waals surface area contributed by atoms with Gasteiger partial charge in [-0.2, -0.15) is 0 Å². The number of carbonyl (C=O) groups excluding carboxylic acids is 3. The molecule has 13 heteroatoms. The van der Waals surface area contributed by atoms with Crippen LogP contribution in [0.5, 0.6) is 0 Å². The summed E-state index contributed by atoms with van der Waals surface area (Å²) in [5.74, 6) is -1.88. The predicted molar refractivity (Wildman–Crippen MR) is 146 cm³/mol. The van der Waals surface area contributed by atoms with Crippen LogP contribution in [-0.4, -0.2) is 54.5 Å². The Morgan fingerprint density at radius 1 is 0.921 bits per heavy atom. The quantitative estimate of drug-likeness (QED) is 0.180. The summed E-state index contributed by atoms with van der Waals surface area (Å²) in [7, 11) is 0. The molecule has 0 unspecified atom stereocenters. The van der Waals surface area contributed by atoms with Crippen LogP contribution in [-0.2, 0) is 32.0 Å². The second kappa shape index (κ2) is 12.9. The molecular weight excluding hydrogens is 533 g/mol. The van der Waals surface area contributed by atoms with Crippen molar-refractivity contribution >= 4 is 52.6 Å². The molecule has 0 saturated carbocycles. The van der Waals surface area contributed by atoms with E-state index in [4.69, 9.17) is 50.9 Å². The third kappa shape index (κ3) is 7.81. The van der Waals surface area contributed by atoms with E-state index in [9.17, 15) is 14.4 Å². The molecule has 10 N–H and O–H groups in total. The summed E-state index contributed by atoms with van der Waals surface area (Å²) in [4.78, 5) is 42.7. The van der Waals surface area contributed by atoms with Crippen molar-refractivity contribution in [1.29, 1.82) is 0 Å². The average Bonchev–Trinajstić information content (AvgIpc) is 2.87. The van der Waals surface area contributed by atoms with Crippen LogP contribution in [0.3, 0.4) is 0 Å². The second-order valence-electron chi connectivity index (χ2n) is 9.08. The number of halogens is 2. The third-order valence-corrected chi connectivity index (χ3v) is 6.96. The fraction of sp³-hybridized carbons (Fsp3) is 0.360. The summed E-state index contributed by atoms with van der Waals surface area (Å²) in [6.45, 7) is 0.528. The van der Waals surface area contributed by atoms with E-state index >= 15 is 0 Å². The molecule has 0 aromatic heterocycles. The van der Waals surface area contributed by atoms with Crippen LogP contribution in [0.2, 0.25) is 10.0 Å². The smallest absolute Gasteiger partial charge is 0.243 e. The number of hydrogen-bond donors (Lipinski definition) is 6. The molecule has 3 amide bonds. The predicted octanol–water partition coefficient (Wildman–Crippen LogP) is 0.646. The maximum absolute atomic E-state index is 13.4. The van der Waals surface area contributed by atoms with E-state index < -0.39 is 35.3 Å². The Bertz CT molecular complexity index is 1200. The summed E-state index contributed by atoms with van der Waals surface area (Å²) in [5.41, 5.74) is 23.3. The maximum atomic E-state index is 13.4. The lowest BCUT2D eigenvalue weighted by Crippen LogP contribution is -2.64. The van der Waals surface area contributed by atoms with Crippen LogP contribution in [0.1, 0.15) is 24.0 Å². The van der Waals surface area contributed by atoms with E-state index in [-0.39, 0.29) is 44.9 Å². The molecule has 38 heavy (non-hydrogen) atoms. The Balaban J connectivity index is 1.77. The van der Waals surface area contributed by atoms with Crippen molar-refractivity contribution in [2.45, 2.75) is 43.3 Å². The van der Waals surface area contributed by atoms with Gasteiger partial charge in [-0.3, -0.25) is 14.4 Å². The number of aliphatic imine (C=N–C) groups is 1. The van der Waals surface area contributed by atoms with Crippen molar-refractivity contribution in [1.82, 2.24) is 10.6 Å². The minimum Gasteiger partial charge on any atom is -0.381 e. The molecule has 2 atom stereocenters. The normalized spacial score (nSPS) is 16.1. The average molecular weight is 564 g/mol. The highest BCUT2D eigenvalue weighted by Crippen LogP contribution is 2.24. The Morgan fingerprint density at radius 3 is 2.13 bits per heavy atom. The largest absolute Gasteiger partial charge is 0.381 e. The standard InChI is InChI=1S/C25H31Cl2N7O4/c26-17-6-3-15(11-18(17)27)13-20(22(36)34-25(23(29)37)7-9-38-10-8-25)33-21(35)19(28)12-14-1-4-16(5-2-14)32-24(30)31/h1-6,11,19-20H,7-10,12-13,28H2,(H2,29,37)(H,33,35)(H,34,36)(H4,30,31,32)/t19-,20-/m0/s1. The lowest BCUT2D eigenvalue weighted by Gasteiger charge is -2.36. The molecule has 1 aliphatic heterocycles. The number of guanidine groups is 1. The van der Waals surface area contributed by atoms with Crippen LogP contribution < -0.4 is 33.6 Å². The Kier molecular flexibility index (Phi) is 9.92. The number of ether oxygens (including phenoxy) is 1. The topological polar surface area (TPSA) is 201 Å². The first-order valence-electron chi connectivity index (χ1n) is 11.9. The van der Waals surface area contributed by atoms with Gasteiger partial charge in [0.1, 0.15) is 11.6 Å². The van der Waals surface area contributed by atoms with Gasteiger partial charge in [0.2, 0.25) is 17.7 Å². The Morgan fingerprint density at radius 2 is 1.55 bits per heavy atom. The number of rotatable bonds is 10. The summed E-state index contributed by atoms with van der Waals surface area (Å²) in [6.07, 6.45) is 0.699. The van der Waals surface area contributed by atoms with Gasteiger partial charge in [-0.05, 0) is 41.8 Å². The van der Waals surface area contributed by atoms with Gasteiger partial charge in [-0.15, -0.1) is 0 Å². The van der Waals surface area contributed by atoms with Crippen molar-refractivity contribution < 1.29 is 19.1 Å². The van der Waals surface area contributed by atoms with E-state index in [1.807, 2.05) is 0 Å². The number of hydrogen-bond acceptors (Lipinski definition) is 6. The van der Waals surface area contributed by atoms with Crippen molar-refractivity contribution in [3.63, 3.8) is 0 Å². The van der Waals surface area contributed by atoms with Crippen LogP contribution in [0, 0.1) is 0 Å². The molecular formula is C25H31Cl2N7O4. The van der Waals surface area contributed by atoms with Crippen LogP contribution in [0.4, 0.5) is 5.69 Å². The van der Waals surface area contributed by atoms with Crippen molar-refractivity contribution in [3.05, 3.63) is 63.6 Å². The Labute approximate surface area is 230 Å². The minimum absolute atomic E-state index is 0.0692. The van der Waals surface area contributed by atoms with Gasteiger partial charge < -0.3 is 38.3 Å². The van der Waals surface area contributed by atoms with Crippen molar-refractivity contribution in [3.8, 4) is 0 Å². The maximum Gasteiger partial charge on any atom is 0.243 e. The van der Waals surface area contributed by atoms with Crippen LogP contribution >= 0.6 is 23.2 Å². The van der Waals surface area contributed by atoms with E-state index in [2.05, 4.69) is 15.6 Å². The van der Waals surface area contributed by atoms with Gasteiger partial charge in [-0.25, -0.2) is 4.99 Å². The second-order valence-corrected chi connectivity index (χ2v) is 9.89. The summed E-state index contributed by atoms with van der Waals surface area (Å²) in [6, 6.07) is 9.72. The van der Waals surface area contributed by atoms with Crippen LogP contribution in [0.15, 0.2) is 47.5 Å². The molecule has 2 aromatic rings. The minimum atomic E-state index is -1.28. The molecule has 0 bridgehead atoms. The monoisotopic (exact) mass is 563 g/mol. The first kappa shape index (κ1) is 29.2. The van der Waals surface area contributed by atoms with E-state index in [0.717, 1.165) is 5.56 Å². The molecule has 3 rings (SSSR count). The molecule has 0 aliphatic carbocycles. The van der Waals surface area contributed by atoms with Gasteiger partial charge >= 0.3 is 0 Å². The molecule has 1 heterocycles. The Hall–Kier alpha value is -3.38. The summed E-state index contributed by atoms with van der Waals surface area (Å²) in [5, 5.41) is 6.12. The van der Waals surface area contributed by atoms with Crippen LogP contribution in [0.25, 0.3) is 0 Å². The van der Waals surface area contributed by atoms with Gasteiger partial charge in [0.25, 0.3) is 0 Å². The first-order chi connectivity index (χ1) is 18.0. The number of nitrogens with one attached hydrogen (secondary N) is 2. The highest BCUT2D eigenvalue weighted by atomic mass is 35.5. The molecule has 1 fully saturated rings. The van der Waals surface area contributed by atoms with Gasteiger partial charge in [0.15, 0.2) is 5.96 Å². The third-order valence-electron chi connectivity index (χ3n) is 6.22. The van der Waals surface area contributed by atoms with Crippen molar-refractivity contribution in [2.24, 2.45) is 27.9 Å². The van der Waals surface area contributed by atoms with Gasteiger partial charge in [0, 0.05) is 32.5 Å². The van der Waals surface area contributed by atoms with Gasteiger partial charge in [0.05, 0.1) is 21.8 Å². The zero-order chi connectivity index (χ0) is 27.9. The fourth-order valence-corrected chi connectivity index (χ4v) is 4.39. The molecule has 204 valence electrons. The number of primary amides is 1. The molecule has 1 saturated heterocycles. The number of benzene rings is 2. The highest BCUT2D eigenvalue weighted by Gasteiger charge is 2.41. The summed E-state index contributed by atoms with van der Waals surface area (Å²) < 4.78 is 5.32. The first-order valence-corrected chi connectivity index (χ1v) is 12.6. The number of nitrogens with two attached hydrogens (primary N) is 4. The molecule has 2 aromatic carbocycles. The number of carbonyl (C=O) groups is 3. The van der Waals surface area contributed by atoms with E-state index in [0.29, 0.717) is 21.3 Å². The number of amides is 3. The highest BCUT2D eigenvalue weighted by molar-refractivity contribution is 6.42. The molecule has 0 spiro atoms. The summed E-state index contributed by atoms with van der Waals surface area (Å²) >= 11 is 12.2. The molecule has 0 radical (unpaired) electrons. The lowest BCUT2D eigenvalue weighted by atomic mass is 9.88.